The van der Waals surface area contributed by atoms with E-state index in [1.54, 1.807) is 0 Å². The zero-order chi connectivity index (χ0) is 28.0. The van der Waals surface area contributed by atoms with E-state index in [0.29, 0.717) is 16.6 Å². The molecule has 10 heteroatoms. The summed E-state index contributed by atoms with van der Waals surface area (Å²) in [6.45, 7) is 3.65. The Labute approximate surface area is 229 Å². The highest BCUT2D eigenvalue weighted by molar-refractivity contribution is 7.86. The topological polar surface area (TPSA) is 137 Å². The zero-order valence-corrected chi connectivity index (χ0v) is 24.9. The minimum Gasteiger partial charge on any atom is -0.342 e. The first kappa shape index (κ1) is 32.7. The predicted octanol–water partition coefficient (Wildman–Crippen LogP) is 7.43. The molecule has 0 saturated heterocycles. The molecule has 1 atom stereocenters. The van der Waals surface area contributed by atoms with Crippen molar-refractivity contribution in [3.63, 3.8) is 0 Å². The molecular weight excluding hydrogens is 524 g/mol. The van der Waals surface area contributed by atoms with Gasteiger partial charge in [0.05, 0.1) is 21.2 Å². The highest BCUT2D eigenvalue weighted by atomic mass is 32.2. The number of rotatable bonds is 21. The van der Waals surface area contributed by atoms with E-state index in [2.05, 4.69) is 16.9 Å². The second-order valence-corrected chi connectivity index (χ2v) is 14.0. The Kier molecular flexibility index (Phi) is 14.3. The summed E-state index contributed by atoms with van der Waals surface area (Å²) in [6.07, 6.45) is 20.4. The molecule has 2 rings (SSSR count). The van der Waals surface area contributed by atoms with E-state index in [9.17, 15) is 25.9 Å². The maximum absolute atomic E-state index is 11.7. The molecule has 0 spiro atoms. The van der Waals surface area contributed by atoms with Crippen molar-refractivity contribution in [3.8, 4) is 0 Å². The number of nitrogens with zero attached hydrogens (tertiary/aromatic N) is 1. The quantitative estimate of drug-likeness (QED) is 0.104. The molecule has 0 saturated carbocycles. The average Bonchev–Trinajstić information content (AvgIpc) is 3.26. The van der Waals surface area contributed by atoms with Crippen molar-refractivity contribution in [2.24, 2.45) is 0 Å². The summed E-state index contributed by atoms with van der Waals surface area (Å²) < 4.78 is 65.0. The zero-order valence-electron chi connectivity index (χ0n) is 23.3. The Balaban J connectivity index is 1.74. The van der Waals surface area contributed by atoms with Crippen molar-refractivity contribution in [2.75, 3.05) is 0 Å². The normalized spacial score (nSPS) is 13.4. The van der Waals surface area contributed by atoms with E-state index in [-0.39, 0.29) is 17.7 Å². The maximum Gasteiger partial charge on any atom is 0.294 e. The van der Waals surface area contributed by atoms with Crippen LogP contribution >= 0.6 is 0 Å². The van der Waals surface area contributed by atoms with E-state index in [4.69, 9.17) is 0 Å². The first-order valence-corrected chi connectivity index (χ1v) is 17.4. The molecule has 1 heterocycles. The summed E-state index contributed by atoms with van der Waals surface area (Å²) >= 11 is 0. The van der Waals surface area contributed by atoms with Gasteiger partial charge in [0, 0.05) is 6.42 Å². The summed E-state index contributed by atoms with van der Waals surface area (Å²) in [5, 5.41) is -0.991. The number of aromatic nitrogens is 2. The lowest BCUT2D eigenvalue weighted by molar-refractivity contribution is 0.465. The second kappa shape index (κ2) is 16.6. The van der Waals surface area contributed by atoms with Gasteiger partial charge in [0.1, 0.15) is 5.82 Å². The Hall–Kier alpha value is -1.49. The highest BCUT2D eigenvalue weighted by Gasteiger charge is 2.20. The molecule has 218 valence electrons. The lowest BCUT2D eigenvalue weighted by Gasteiger charge is -2.09. The molecule has 38 heavy (non-hydrogen) atoms. The van der Waals surface area contributed by atoms with Crippen molar-refractivity contribution in [3.05, 3.63) is 23.5 Å². The summed E-state index contributed by atoms with van der Waals surface area (Å²) in [5.41, 5.74) is 1.60. The number of imidazole rings is 1. The second-order valence-electron chi connectivity index (χ2n) is 10.7. The smallest absolute Gasteiger partial charge is 0.294 e. The number of fused-ring (bicyclic) bond motifs is 1. The third kappa shape index (κ3) is 12.1. The number of unbranched alkanes of at least 4 members (excludes halogenated alkanes) is 14. The van der Waals surface area contributed by atoms with E-state index in [0.717, 1.165) is 25.1 Å². The minimum atomic E-state index is -4.44. The van der Waals surface area contributed by atoms with Gasteiger partial charge in [-0.05, 0) is 43.9 Å². The van der Waals surface area contributed by atoms with Crippen LogP contribution in [0, 0.1) is 0 Å². The molecule has 0 bridgehead atoms. The molecule has 0 fully saturated rings. The number of hydrogen-bond donors (Lipinski definition) is 3. The van der Waals surface area contributed by atoms with Gasteiger partial charge >= 0.3 is 0 Å². The van der Waals surface area contributed by atoms with Gasteiger partial charge in [-0.3, -0.25) is 9.11 Å². The summed E-state index contributed by atoms with van der Waals surface area (Å²) in [5.74, 6) is 0.742. The van der Waals surface area contributed by atoms with Crippen molar-refractivity contribution < 1.29 is 25.9 Å². The number of benzene rings is 1. The van der Waals surface area contributed by atoms with E-state index in [1.807, 2.05) is 0 Å². The third-order valence-electron chi connectivity index (χ3n) is 7.34. The van der Waals surface area contributed by atoms with Crippen LogP contribution in [0.2, 0.25) is 0 Å². The first-order valence-electron chi connectivity index (χ1n) is 14.5. The van der Waals surface area contributed by atoms with Gasteiger partial charge in [-0.1, -0.05) is 96.8 Å². The molecule has 8 nitrogen and oxygen atoms in total. The van der Waals surface area contributed by atoms with E-state index >= 15 is 0 Å². The average molecular weight is 573 g/mol. The fourth-order valence-corrected chi connectivity index (χ4v) is 5.81. The summed E-state index contributed by atoms with van der Waals surface area (Å²) in [4.78, 5) is 7.51. The van der Waals surface area contributed by atoms with Gasteiger partial charge in [-0.15, -0.1) is 0 Å². The van der Waals surface area contributed by atoms with Gasteiger partial charge in [-0.25, -0.2) is 4.98 Å². The molecule has 1 aromatic carbocycles. The van der Waals surface area contributed by atoms with Crippen molar-refractivity contribution >= 4 is 31.3 Å². The number of aromatic amines is 1. The molecule has 0 aliphatic rings. The molecule has 0 aliphatic carbocycles. The van der Waals surface area contributed by atoms with Gasteiger partial charge in [-0.2, -0.15) is 16.8 Å². The van der Waals surface area contributed by atoms with Crippen LogP contribution in [-0.4, -0.2) is 41.2 Å². The minimum absolute atomic E-state index is 0.107. The largest absolute Gasteiger partial charge is 0.342 e. The van der Waals surface area contributed by atoms with Crippen LogP contribution in [-0.2, 0) is 33.1 Å². The molecule has 1 unspecified atom stereocenters. The molecule has 0 radical (unpaired) electrons. The van der Waals surface area contributed by atoms with Crippen LogP contribution in [0.15, 0.2) is 17.0 Å². The molecular formula is C28H48N2O6S2. The van der Waals surface area contributed by atoms with Crippen LogP contribution < -0.4 is 0 Å². The fourth-order valence-electron chi connectivity index (χ4n) is 4.84. The maximum atomic E-state index is 11.7. The van der Waals surface area contributed by atoms with Crippen LogP contribution in [0.25, 0.3) is 11.0 Å². The molecule has 1 aromatic heterocycles. The number of hydrogen-bond acceptors (Lipinski definition) is 5. The van der Waals surface area contributed by atoms with Crippen LogP contribution in [0.1, 0.15) is 128 Å². The third-order valence-corrected chi connectivity index (χ3v) is 9.43. The summed E-state index contributed by atoms with van der Waals surface area (Å²) in [6, 6.07) is 2.66. The lowest BCUT2D eigenvalue weighted by atomic mass is 10.0. The van der Waals surface area contributed by atoms with Crippen molar-refractivity contribution in [1.29, 1.82) is 0 Å². The number of aryl methyl sites for hydroxylation is 2. The standard InChI is InChI=1S/C28H48N2O6S2/c1-3-4-5-6-7-8-9-10-11-12-13-14-15-16-17-18-27-29-26-22-25(38(34,35)36)21-24(28(26)30-27)20-19-23(2)37(31,32)33/h21-23H,3-20H2,1-2H3,(H,29,30)(H,31,32,33)(H,34,35,36). The molecule has 0 aliphatic heterocycles. The van der Waals surface area contributed by atoms with E-state index in [1.165, 1.54) is 103 Å². The highest BCUT2D eigenvalue weighted by Crippen LogP contribution is 2.25. The van der Waals surface area contributed by atoms with Gasteiger partial charge in [0.25, 0.3) is 20.2 Å². The first-order chi connectivity index (χ1) is 18.0. The predicted molar refractivity (Wildman–Crippen MR) is 154 cm³/mol. The van der Waals surface area contributed by atoms with Crippen molar-refractivity contribution in [1.82, 2.24) is 9.97 Å². The van der Waals surface area contributed by atoms with Gasteiger partial charge < -0.3 is 4.98 Å². The van der Waals surface area contributed by atoms with Crippen LogP contribution in [0.5, 0.6) is 0 Å². The Bertz CT molecular complexity index is 1180. The van der Waals surface area contributed by atoms with Crippen LogP contribution in [0.3, 0.4) is 0 Å². The molecule has 0 amide bonds. The number of H-pyrrole nitrogens is 1. The van der Waals surface area contributed by atoms with Gasteiger partial charge in [0.2, 0.25) is 0 Å². The van der Waals surface area contributed by atoms with Crippen molar-refractivity contribution in [2.45, 2.75) is 140 Å². The monoisotopic (exact) mass is 572 g/mol. The lowest BCUT2D eigenvalue weighted by Crippen LogP contribution is -2.17. The van der Waals surface area contributed by atoms with E-state index < -0.39 is 25.5 Å². The number of nitrogens with one attached hydrogen (secondary N) is 1. The summed E-state index contributed by atoms with van der Waals surface area (Å²) in [7, 11) is -8.63. The Morgan fingerprint density at radius 1 is 0.763 bits per heavy atom. The van der Waals surface area contributed by atoms with Gasteiger partial charge in [0.15, 0.2) is 0 Å². The Morgan fingerprint density at radius 2 is 1.26 bits per heavy atom. The Morgan fingerprint density at radius 3 is 1.74 bits per heavy atom. The fraction of sp³-hybridized carbons (Fsp3) is 0.750. The molecule has 3 N–H and O–H groups in total. The SMILES string of the molecule is CCCCCCCCCCCCCCCCCc1nc2cc(S(=O)(=O)O)cc(CCC(C)S(=O)(=O)O)c2[nH]1. The molecule has 2 aromatic rings. The van der Waals surface area contributed by atoms with Crippen LogP contribution in [0.4, 0.5) is 0 Å².